The van der Waals surface area contributed by atoms with E-state index < -0.39 is 12.0 Å². The van der Waals surface area contributed by atoms with Crippen LogP contribution < -0.4 is 19.7 Å². The second kappa shape index (κ2) is 8.84. The molecule has 0 fully saturated rings. The third-order valence-electron chi connectivity index (χ3n) is 4.70. The highest BCUT2D eigenvalue weighted by Crippen LogP contribution is 2.41. The standard InChI is InChI=1S/C21H21BrN2O4S/c1-12-17(20(25)28-4)18(15-9-6-10-16(26-2)19(15)27-3)23-21(29)24(12)14-8-5-7-13(22)11-14/h5-11,18H,1-4H3,(H,23,29)/t18-/m0/s1. The monoisotopic (exact) mass is 476 g/mol. The summed E-state index contributed by atoms with van der Waals surface area (Å²) in [6.45, 7) is 1.85. The molecule has 0 spiro atoms. The van der Waals surface area contributed by atoms with E-state index >= 15 is 0 Å². The number of anilines is 1. The quantitative estimate of drug-likeness (QED) is 0.508. The number of halogens is 1. The summed E-state index contributed by atoms with van der Waals surface area (Å²) < 4.78 is 17.0. The van der Waals surface area contributed by atoms with Gasteiger partial charge in [-0.25, -0.2) is 4.79 Å². The number of nitrogens with one attached hydrogen (secondary N) is 1. The number of para-hydroxylation sites is 1. The van der Waals surface area contributed by atoms with Crippen LogP contribution in [0.1, 0.15) is 18.5 Å². The van der Waals surface area contributed by atoms with E-state index in [1.807, 2.05) is 48.2 Å². The molecule has 1 N–H and O–H groups in total. The molecule has 0 unspecified atom stereocenters. The minimum absolute atomic E-state index is 0.438. The Morgan fingerprint density at radius 3 is 2.48 bits per heavy atom. The van der Waals surface area contributed by atoms with E-state index in [4.69, 9.17) is 26.4 Å². The molecule has 3 rings (SSSR count). The molecular weight excluding hydrogens is 456 g/mol. The summed E-state index contributed by atoms with van der Waals surface area (Å²) in [5.74, 6) is 0.641. The van der Waals surface area contributed by atoms with E-state index in [2.05, 4.69) is 21.2 Å². The van der Waals surface area contributed by atoms with Crippen molar-refractivity contribution in [3.8, 4) is 11.5 Å². The van der Waals surface area contributed by atoms with Crippen molar-refractivity contribution in [3.05, 3.63) is 63.8 Å². The van der Waals surface area contributed by atoms with Gasteiger partial charge < -0.3 is 19.5 Å². The van der Waals surface area contributed by atoms with E-state index in [0.29, 0.717) is 27.9 Å². The van der Waals surface area contributed by atoms with Gasteiger partial charge in [0.1, 0.15) is 0 Å². The van der Waals surface area contributed by atoms with Crippen molar-refractivity contribution >= 4 is 44.9 Å². The predicted molar refractivity (Wildman–Crippen MR) is 119 cm³/mol. The molecule has 1 heterocycles. The first kappa shape index (κ1) is 21.1. The van der Waals surface area contributed by atoms with Crippen LogP contribution in [0.2, 0.25) is 0 Å². The van der Waals surface area contributed by atoms with Gasteiger partial charge >= 0.3 is 5.97 Å². The molecule has 1 aliphatic rings. The summed E-state index contributed by atoms with van der Waals surface area (Å²) >= 11 is 9.15. The maximum absolute atomic E-state index is 12.8. The SMILES string of the molecule is COC(=O)C1=C(C)N(c2cccc(Br)c2)C(=S)N[C@H]1c1cccc(OC)c1OC. The number of ether oxygens (including phenoxy) is 3. The first-order valence-corrected chi connectivity index (χ1v) is 9.99. The maximum atomic E-state index is 12.8. The summed E-state index contributed by atoms with van der Waals surface area (Å²) in [5.41, 5.74) is 2.66. The molecule has 0 aromatic heterocycles. The molecule has 152 valence electrons. The molecule has 1 aliphatic heterocycles. The Bertz CT molecular complexity index is 992. The predicted octanol–water partition coefficient (Wildman–Crippen LogP) is 4.35. The number of hydrogen-bond acceptors (Lipinski definition) is 5. The zero-order valence-corrected chi connectivity index (χ0v) is 18.9. The normalized spacial score (nSPS) is 16.4. The maximum Gasteiger partial charge on any atom is 0.337 e. The smallest absolute Gasteiger partial charge is 0.337 e. The number of allylic oxidation sites excluding steroid dienone is 1. The Morgan fingerprint density at radius 2 is 1.86 bits per heavy atom. The van der Waals surface area contributed by atoms with Crippen LogP contribution in [0.25, 0.3) is 0 Å². The lowest BCUT2D eigenvalue weighted by Crippen LogP contribution is -2.48. The number of rotatable bonds is 5. The van der Waals surface area contributed by atoms with Crippen molar-refractivity contribution in [2.75, 3.05) is 26.2 Å². The third kappa shape index (κ3) is 3.95. The molecule has 1 atom stereocenters. The number of thiocarbonyl (C=S) groups is 1. The van der Waals surface area contributed by atoms with Crippen LogP contribution in [-0.2, 0) is 9.53 Å². The number of carbonyl (C=O) groups is 1. The molecule has 0 saturated heterocycles. The highest BCUT2D eigenvalue weighted by atomic mass is 79.9. The first-order chi connectivity index (χ1) is 13.9. The Labute approximate surface area is 183 Å². The van der Waals surface area contributed by atoms with Crippen LogP contribution in [0.4, 0.5) is 5.69 Å². The van der Waals surface area contributed by atoms with Gasteiger partial charge in [0.2, 0.25) is 0 Å². The van der Waals surface area contributed by atoms with Gasteiger partial charge in [-0.05, 0) is 43.4 Å². The number of carbonyl (C=O) groups excluding carboxylic acids is 1. The molecule has 6 nitrogen and oxygen atoms in total. The molecule has 0 bridgehead atoms. The molecule has 0 radical (unpaired) electrons. The van der Waals surface area contributed by atoms with Crippen LogP contribution >= 0.6 is 28.1 Å². The summed E-state index contributed by atoms with van der Waals surface area (Å²) in [6, 6.07) is 12.6. The van der Waals surface area contributed by atoms with E-state index in [-0.39, 0.29) is 0 Å². The van der Waals surface area contributed by atoms with Crippen molar-refractivity contribution in [3.63, 3.8) is 0 Å². The van der Waals surface area contributed by atoms with Crippen molar-refractivity contribution in [1.29, 1.82) is 0 Å². The molecule has 29 heavy (non-hydrogen) atoms. The number of methoxy groups -OCH3 is 3. The second-order valence-corrected chi connectivity index (χ2v) is 7.57. The fourth-order valence-corrected chi connectivity index (χ4v) is 4.16. The molecule has 2 aromatic carbocycles. The Morgan fingerprint density at radius 1 is 1.14 bits per heavy atom. The lowest BCUT2D eigenvalue weighted by molar-refractivity contribution is -0.136. The van der Waals surface area contributed by atoms with E-state index in [1.165, 1.54) is 7.11 Å². The minimum atomic E-state index is -0.552. The second-order valence-electron chi connectivity index (χ2n) is 6.27. The van der Waals surface area contributed by atoms with Crippen LogP contribution in [0.5, 0.6) is 11.5 Å². The molecule has 2 aromatic rings. The Kier molecular flexibility index (Phi) is 6.44. The lowest BCUT2D eigenvalue weighted by Gasteiger charge is -2.37. The summed E-state index contributed by atoms with van der Waals surface area (Å²) in [6.07, 6.45) is 0. The van der Waals surface area contributed by atoms with Gasteiger partial charge in [0, 0.05) is 21.4 Å². The average Bonchev–Trinajstić information content (AvgIpc) is 2.72. The Hall–Kier alpha value is -2.58. The summed E-state index contributed by atoms with van der Waals surface area (Å²) in [5, 5.41) is 3.73. The topological polar surface area (TPSA) is 60.0 Å². The zero-order valence-electron chi connectivity index (χ0n) is 16.5. The van der Waals surface area contributed by atoms with Crippen LogP contribution in [0.3, 0.4) is 0 Å². The highest BCUT2D eigenvalue weighted by Gasteiger charge is 2.37. The lowest BCUT2D eigenvalue weighted by atomic mass is 9.93. The third-order valence-corrected chi connectivity index (χ3v) is 5.49. The number of nitrogens with zero attached hydrogens (tertiary/aromatic N) is 1. The number of benzene rings is 2. The van der Waals surface area contributed by atoms with Gasteiger partial charge in [-0.3, -0.25) is 4.90 Å². The molecule has 0 amide bonds. The van der Waals surface area contributed by atoms with Gasteiger partial charge in [-0.1, -0.05) is 34.1 Å². The van der Waals surface area contributed by atoms with Crippen molar-refractivity contribution in [2.24, 2.45) is 0 Å². The molecule has 0 aliphatic carbocycles. The van der Waals surface area contributed by atoms with Crippen LogP contribution in [0, 0.1) is 0 Å². The Balaban J connectivity index is 2.20. The highest BCUT2D eigenvalue weighted by molar-refractivity contribution is 9.10. The fraction of sp³-hybridized carbons (Fsp3) is 0.238. The van der Waals surface area contributed by atoms with E-state index in [0.717, 1.165) is 15.7 Å². The van der Waals surface area contributed by atoms with Gasteiger partial charge in [0.15, 0.2) is 16.6 Å². The van der Waals surface area contributed by atoms with Crippen LogP contribution in [0.15, 0.2) is 58.2 Å². The number of hydrogen-bond donors (Lipinski definition) is 1. The summed E-state index contributed by atoms with van der Waals surface area (Å²) in [7, 11) is 4.49. The molecule has 0 saturated carbocycles. The van der Waals surface area contributed by atoms with Gasteiger partial charge in [-0.15, -0.1) is 0 Å². The minimum Gasteiger partial charge on any atom is -0.493 e. The van der Waals surface area contributed by atoms with Crippen molar-refractivity contribution < 1.29 is 19.0 Å². The fourth-order valence-electron chi connectivity index (χ4n) is 3.42. The molecular formula is C21H21BrN2O4S. The first-order valence-electron chi connectivity index (χ1n) is 8.79. The average molecular weight is 477 g/mol. The van der Waals surface area contributed by atoms with Crippen molar-refractivity contribution in [2.45, 2.75) is 13.0 Å². The number of esters is 1. The largest absolute Gasteiger partial charge is 0.493 e. The molecule has 8 heteroatoms. The van der Waals surface area contributed by atoms with E-state index in [9.17, 15) is 4.79 Å². The van der Waals surface area contributed by atoms with Gasteiger partial charge in [0.25, 0.3) is 0 Å². The summed E-state index contributed by atoms with van der Waals surface area (Å²) in [4.78, 5) is 14.6. The van der Waals surface area contributed by atoms with Gasteiger partial charge in [-0.2, -0.15) is 0 Å². The van der Waals surface area contributed by atoms with Crippen molar-refractivity contribution in [1.82, 2.24) is 5.32 Å². The van der Waals surface area contributed by atoms with Gasteiger partial charge in [0.05, 0.1) is 32.9 Å². The van der Waals surface area contributed by atoms with E-state index in [1.54, 1.807) is 20.3 Å². The van der Waals surface area contributed by atoms with Crippen LogP contribution in [-0.4, -0.2) is 32.4 Å². The zero-order chi connectivity index (χ0) is 21.1.